The summed E-state index contributed by atoms with van der Waals surface area (Å²) in [5.41, 5.74) is 4.43. The van der Waals surface area contributed by atoms with Gasteiger partial charge in [0.15, 0.2) is 0 Å². The fourth-order valence-corrected chi connectivity index (χ4v) is 6.40. The van der Waals surface area contributed by atoms with Crippen molar-refractivity contribution in [3.63, 3.8) is 0 Å². The third kappa shape index (κ3) is 8.55. The largest absolute Gasteiger partial charge is 0.487 e. The van der Waals surface area contributed by atoms with Crippen LogP contribution in [0, 0.1) is 11.6 Å². The number of fused-ring (bicyclic) bond motifs is 1. The van der Waals surface area contributed by atoms with Gasteiger partial charge in [0.05, 0.1) is 21.2 Å². The molecule has 1 N–H and O–H groups in total. The Morgan fingerprint density at radius 3 is 2.62 bits per heavy atom. The van der Waals surface area contributed by atoms with Crippen molar-refractivity contribution in [2.24, 2.45) is 0 Å². The van der Waals surface area contributed by atoms with Crippen LogP contribution in [0.2, 0.25) is 5.02 Å². The molecule has 0 atom stereocenters. The maximum absolute atomic E-state index is 15.4. The van der Waals surface area contributed by atoms with Gasteiger partial charge < -0.3 is 10.1 Å². The van der Waals surface area contributed by atoms with Crippen LogP contribution in [0.4, 0.5) is 20.3 Å². The molecule has 0 spiro atoms. The highest BCUT2D eigenvalue weighted by atomic mass is 35.5. The molecule has 0 saturated heterocycles. The molecule has 14 heteroatoms. The standard InChI is InChI=1S/C34H27ClF2N6O3S2/c35-28-15-25(7-8-32(28)46-18-22-4-3-5-23(36)14-22)41-34-27-16-26(29(37)17-30(27)39-20-40-34)31-19-47-33(42-31)10-13-43(21-48(44)45)12-9-24-6-1-2-11-38-24/h1-8,11,14-17,19-21H,9-10,12-13,18H2,(H,39,40,41). The summed E-state index contributed by atoms with van der Waals surface area (Å²) in [5.74, 6) is 0.0328. The number of anilines is 2. The first-order chi connectivity index (χ1) is 23.3. The molecule has 3 aromatic carbocycles. The molecule has 0 aliphatic heterocycles. The van der Waals surface area contributed by atoms with Crippen molar-refractivity contribution in [3.05, 3.63) is 124 Å². The Labute approximate surface area is 285 Å². The second-order valence-corrected chi connectivity index (χ2v) is 12.7. The van der Waals surface area contributed by atoms with Crippen LogP contribution < -0.4 is 10.1 Å². The van der Waals surface area contributed by atoms with Gasteiger partial charge in [0.1, 0.15) is 41.6 Å². The highest BCUT2D eigenvalue weighted by Crippen LogP contribution is 2.34. The minimum absolute atomic E-state index is 0.150. The minimum atomic E-state index is -2.36. The van der Waals surface area contributed by atoms with E-state index in [4.69, 9.17) is 16.3 Å². The Bertz CT molecular complexity index is 2190. The summed E-state index contributed by atoms with van der Waals surface area (Å²) in [7, 11) is -2.36. The molecular formula is C34H27ClF2N6O3S2. The minimum Gasteiger partial charge on any atom is -0.487 e. The quantitative estimate of drug-likeness (QED) is 0.126. The van der Waals surface area contributed by atoms with Crippen LogP contribution in [-0.2, 0) is 29.7 Å². The Hall–Kier alpha value is -4.82. The van der Waals surface area contributed by atoms with Crippen molar-refractivity contribution in [2.75, 3.05) is 18.4 Å². The monoisotopic (exact) mass is 704 g/mol. The number of nitrogens with zero attached hydrogens (tertiary/aromatic N) is 5. The molecule has 3 heterocycles. The van der Waals surface area contributed by atoms with E-state index in [9.17, 15) is 12.8 Å². The zero-order valence-corrected chi connectivity index (χ0v) is 27.6. The van der Waals surface area contributed by atoms with E-state index in [1.807, 2.05) is 18.2 Å². The zero-order chi connectivity index (χ0) is 33.5. The number of aromatic nitrogens is 4. The topological polar surface area (TPSA) is 110 Å². The first-order valence-corrected chi connectivity index (χ1v) is 17.1. The molecular weight excluding hydrogens is 678 g/mol. The first-order valence-electron chi connectivity index (χ1n) is 14.7. The van der Waals surface area contributed by atoms with E-state index in [-0.39, 0.29) is 18.0 Å². The third-order valence-electron chi connectivity index (χ3n) is 7.26. The molecule has 0 aliphatic rings. The van der Waals surface area contributed by atoms with Gasteiger partial charge in [-0.05, 0) is 54.1 Å². The van der Waals surface area contributed by atoms with Gasteiger partial charge in [-0.2, -0.15) is 8.42 Å². The smallest absolute Gasteiger partial charge is 0.225 e. The van der Waals surface area contributed by atoms with Gasteiger partial charge in [-0.3, -0.25) is 9.88 Å². The highest BCUT2D eigenvalue weighted by molar-refractivity contribution is 7.71. The summed E-state index contributed by atoms with van der Waals surface area (Å²) in [5, 5.41) is 6.64. The molecule has 0 bridgehead atoms. The van der Waals surface area contributed by atoms with E-state index in [2.05, 4.69) is 25.3 Å². The normalized spacial score (nSPS) is 11.2. The fraction of sp³-hybridized carbons (Fsp3) is 0.147. The number of hydrogen-bond donors (Lipinski definition) is 1. The summed E-state index contributed by atoms with van der Waals surface area (Å²) >= 11 is 7.86. The van der Waals surface area contributed by atoms with Crippen LogP contribution in [0.25, 0.3) is 22.2 Å². The van der Waals surface area contributed by atoms with Crippen LogP contribution >= 0.6 is 22.9 Å². The van der Waals surface area contributed by atoms with Crippen molar-refractivity contribution >= 4 is 61.1 Å². The van der Waals surface area contributed by atoms with E-state index >= 15 is 4.39 Å². The van der Waals surface area contributed by atoms with Gasteiger partial charge in [0.25, 0.3) is 0 Å². The Morgan fingerprint density at radius 2 is 1.83 bits per heavy atom. The Morgan fingerprint density at radius 1 is 0.958 bits per heavy atom. The van der Waals surface area contributed by atoms with Gasteiger partial charge in [-0.1, -0.05) is 29.8 Å². The van der Waals surface area contributed by atoms with Gasteiger partial charge in [0, 0.05) is 65.9 Å². The third-order valence-corrected chi connectivity index (χ3v) is 8.93. The van der Waals surface area contributed by atoms with Gasteiger partial charge in [-0.15, -0.1) is 11.3 Å². The number of nitrogens with one attached hydrogen (secondary N) is 1. The molecule has 0 fully saturated rings. The number of pyridine rings is 1. The molecule has 0 saturated carbocycles. The van der Waals surface area contributed by atoms with Gasteiger partial charge in [-0.25, -0.2) is 23.7 Å². The number of ether oxygens (including phenoxy) is 1. The number of thiazole rings is 1. The average Bonchev–Trinajstić information content (AvgIpc) is 3.54. The van der Waals surface area contributed by atoms with Crippen LogP contribution in [0.5, 0.6) is 5.75 Å². The second-order valence-electron chi connectivity index (χ2n) is 10.6. The molecule has 9 nitrogen and oxygen atoms in total. The zero-order valence-electron chi connectivity index (χ0n) is 25.2. The molecule has 244 valence electrons. The van der Waals surface area contributed by atoms with Crippen molar-refractivity contribution in [2.45, 2.75) is 19.4 Å². The second kappa shape index (κ2) is 15.4. The number of benzene rings is 3. The van der Waals surface area contributed by atoms with E-state index in [0.717, 1.165) is 16.2 Å². The Balaban J connectivity index is 1.16. The molecule has 6 rings (SSSR count). The summed E-state index contributed by atoms with van der Waals surface area (Å²) < 4.78 is 57.5. The lowest BCUT2D eigenvalue weighted by atomic mass is 10.1. The van der Waals surface area contributed by atoms with E-state index < -0.39 is 16.1 Å². The SMILES string of the molecule is O=S(=O)=CN(CCc1ccccn1)CCc1nc(-c2cc3c(Nc4ccc(OCc5cccc(F)c5)c(Cl)c4)ncnc3cc2F)cs1. The molecule has 0 aliphatic carbocycles. The number of halogens is 3. The van der Waals surface area contributed by atoms with Crippen LogP contribution in [0.15, 0.2) is 90.7 Å². The predicted octanol–water partition coefficient (Wildman–Crippen LogP) is 7.13. The van der Waals surface area contributed by atoms with Crippen molar-refractivity contribution in [3.8, 4) is 17.0 Å². The van der Waals surface area contributed by atoms with Crippen molar-refractivity contribution in [1.29, 1.82) is 0 Å². The lowest BCUT2D eigenvalue weighted by molar-refractivity contribution is 0.306. The first kappa shape index (κ1) is 33.1. The maximum atomic E-state index is 15.4. The van der Waals surface area contributed by atoms with Crippen molar-refractivity contribution in [1.82, 2.24) is 24.8 Å². The summed E-state index contributed by atoms with van der Waals surface area (Å²) in [4.78, 5) is 19.3. The number of rotatable bonds is 13. The fourth-order valence-electron chi connectivity index (χ4n) is 4.93. The van der Waals surface area contributed by atoms with E-state index in [0.29, 0.717) is 70.4 Å². The lowest BCUT2D eigenvalue weighted by Crippen LogP contribution is -2.27. The number of hydrogen-bond acceptors (Lipinski definition) is 9. The molecule has 3 aromatic heterocycles. The van der Waals surface area contributed by atoms with E-state index in [1.165, 1.54) is 35.9 Å². The lowest BCUT2D eigenvalue weighted by Gasteiger charge is -2.15. The molecule has 0 amide bonds. The van der Waals surface area contributed by atoms with Gasteiger partial charge >= 0.3 is 0 Å². The predicted molar refractivity (Wildman–Crippen MR) is 184 cm³/mol. The molecule has 6 aromatic rings. The van der Waals surface area contributed by atoms with Crippen LogP contribution in [-0.4, -0.2) is 51.8 Å². The summed E-state index contributed by atoms with van der Waals surface area (Å²) in [6.07, 6.45) is 4.09. The maximum Gasteiger partial charge on any atom is 0.225 e. The van der Waals surface area contributed by atoms with E-state index in [1.54, 1.807) is 52.9 Å². The Kier molecular flexibility index (Phi) is 10.6. The van der Waals surface area contributed by atoms with Crippen LogP contribution in [0.3, 0.4) is 0 Å². The average molecular weight is 705 g/mol. The molecule has 48 heavy (non-hydrogen) atoms. The summed E-state index contributed by atoms with van der Waals surface area (Å²) in [6.45, 7) is 1.03. The molecule has 0 unspecified atom stereocenters. The summed E-state index contributed by atoms with van der Waals surface area (Å²) in [6, 6.07) is 19.9. The molecule has 0 radical (unpaired) electrons. The van der Waals surface area contributed by atoms with Crippen molar-refractivity contribution < 1.29 is 21.9 Å². The van der Waals surface area contributed by atoms with Gasteiger partial charge in [0.2, 0.25) is 10.3 Å². The highest BCUT2D eigenvalue weighted by Gasteiger charge is 2.16. The van der Waals surface area contributed by atoms with Crippen LogP contribution in [0.1, 0.15) is 16.3 Å².